The van der Waals surface area contributed by atoms with Gasteiger partial charge in [0.25, 0.3) is 0 Å². The average Bonchev–Trinajstić information content (AvgIpc) is 2.91. The largest absolute Gasteiger partial charge is 0.307 e. The molecule has 0 spiro atoms. The maximum absolute atomic E-state index is 5.60. The molecule has 0 aliphatic rings. The van der Waals surface area contributed by atoms with Gasteiger partial charge in [0, 0.05) is 20.0 Å². The second kappa shape index (κ2) is 8.63. The molecule has 0 amide bonds. The molecule has 3 aromatic rings. The highest BCUT2D eigenvalue weighted by molar-refractivity contribution is 7.71. The fraction of sp³-hybridized carbons (Fsp3) is 0.364. The van der Waals surface area contributed by atoms with Crippen LogP contribution in [0, 0.1) is 4.77 Å². The number of rotatable bonds is 7. The summed E-state index contributed by atoms with van der Waals surface area (Å²) in [6.07, 6.45) is 0.786. The summed E-state index contributed by atoms with van der Waals surface area (Å²) in [6, 6.07) is 19.2. The average molecular weight is 381 g/mol. The third-order valence-corrected chi connectivity index (χ3v) is 5.29. The van der Waals surface area contributed by atoms with E-state index in [0.29, 0.717) is 12.6 Å². The van der Waals surface area contributed by atoms with E-state index in [1.165, 1.54) is 16.7 Å². The summed E-state index contributed by atoms with van der Waals surface area (Å²) in [5, 5.41) is 4.76. The van der Waals surface area contributed by atoms with Gasteiger partial charge in [-0.3, -0.25) is 4.90 Å². The number of aromatic nitrogens is 3. The second-order valence-electron chi connectivity index (χ2n) is 7.47. The van der Waals surface area contributed by atoms with Crippen LogP contribution < -0.4 is 0 Å². The SMILES string of the molecule is CC(C)c1ccc(CN(C)Cn2nc(Cc3ccccc3)n(C)c2=S)cc1. The lowest BCUT2D eigenvalue weighted by atomic mass is 10.0. The molecule has 5 heteroatoms. The van der Waals surface area contributed by atoms with Crippen molar-refractivity contribution in [1.82, 2.24) is 19.2 Å². The van der Waals surface area contributed by atoms with Crippen molar-refractivity contribution in [2.75, 3.05) is 7.05 Å². The first-order valence-electron chi connectivity index (χ1n) is 9.38. The minimum absolute atomic E-state index is 0.562. The number of benzene rings is 2. The fourth-order valence-corrected chi connectivity index (χ4v) is 3.36. The van der Waals surface area contributed by atoms with Crippen molar-refractivity contribution in [2.45, 2.75) is 39.4 Å². The predicted octanol–water partition coefficient (Wildman–Crippen LogP) is 4.75. The normalized spacial score (nSPS) is 11.5. The van der Waals surface area contributed by atoms with E-state index < -0.39 is 0 Å². The van der Waals surface area contributed by atoms with E-state index in [1.54, 1.807) is 0 Å². The summed E-state index contributed by atoms with van der Waals surface area (Å²) >= 11 is 5.60. The third-order valence-electron chi connectivity index (χ3n) is 4.81. The van der Waals surface area contributed by atoms with E-state index in [1.807, 2.05) is 22.4 Å². The summed E-state index contributed by atoms with van der Waals surface area (Å²) in [6.45, 7) is 5.98. The van der Waals surface area contributed by atoms with Crippen LogP contribution in [0.5, 0.6) is 0 Å². The quantitative estimate of drug-likeness (QED) is 0.553. The molecule has 0 aliphatic heterocycles. The van der Waals surface area contributed by atoms with Gasteiger partial charge in [0.1, 0.15) is 5.82 Å². The number of nitrogens with zero attached hydrogens (tertiary/aromatic N) is 4. The zero-order valence-corrected chi connectivity index (χ0v) is 17.4. The van der Waals surface area contributed by atoms with Crippen molar-refractivity contribution in [3.8, 4) is 0 Å². The molecule has 1 heterocycles. The first kappa shape index (κ1) is 19.5. The van der Waals surface area contributed by atoms with Crippen molar-refractivity contribution >= 4 is 12.2 Å². The molecular formula is C22H28N4S. The zero-order valence-electron chi connectivity index (χ0n) is 16.6. The molecule has 2 aromatic carbocycles. The third kappa shape index (κ3) is 4.93. The van der Waals surface area contributed by atoms with Crippen LogP contribution in [0.4, 0.5) is 0 Å². The smallest absolute Gasteiger partial charge is 0.198 e. The van der Waals surface area contributed by atoms with E-state index in [0.717, 1.165) is 23.6 Å². The Bertz CT molecular complexity index is 923. The highest BCUT2D eigenvalue weighted by Crippen LogP contribution is 2.16. The molecule has 0 radical (unpaired) electrons. The van der Waals surface area contributed by atoms with Crippen LogP contribution >= 0.6 is 12.2 Å². The number of hydrogen-bond donors (Lipinski definition) is 0. The Morgan fingerprint density at radius 1 is 1.00 bits per heavy atom. The molecule has 3 rings (SSSR count). The van der Waals surface area contributed by atoms with Crippen LogP contribution in [0.2, 0.25) is 0 Å². The van der Waals surface area contributed by atoms with Crippen molar-refractivity contribution in [2.24, 2.45) is 7.05 Å². The molecule has 0 fully saturated rings. The van der Waals surface area contributed by atoms with Gasteiger partial charge >= 0.3 is 0 Å². The van der Waals surface area contributed by atoms with E-state index in [2.05, 4.69) is 74.3 Å². The highest BCUT2D eigenvalue weighted by Gasteiger charge is 2.10. The molecule has 27 heavy (non-hydrogen) atoms. The lowest BCUT2D eigenvalue weighted by molar-refractivity contribution is 0.243. The topological polar surface area (TPSA) is 26.0 Å². The molecule has 0 aliphatic carbocycles. The summed E-state index contributed by atoms with van der Waals surface area (Å²) in [7, 11) is 4.10. The molecule has 0 saturated heterocycles. The summed E-state index contributed by atoms with van der Waals surface area (Å²) in [5.41, 5.74) is 3.92. The Labute approximate surface area is 167 Å². The van der Waals surface area contributed by atoms with Crippen LogP contribution in [0.1, 0.15) is 42.3 Å². The van der Waals surface area contributed by atoms with Crippen molar-refractivity contribution < 1.29 is 0 Å². The van der Waals surface area contributed by atoms with Crippen LogP contribution in [0.3, 0.4) is 0 Å². The van der Waals surface area contributed by atoms with Gasteiger partial charge in [-0.15, -0.1) is 0 Å². The van der Waals surface area contributed by atoms with Crippen molar-refractivity contribution in [1.29, 1.82) is 0 Å². The Morgan fingerprint density at radius 2 is 1.67 bits per heavy atom. The van der Waals surface area contributed by atoms with Crippen LogP contribution in [-0.4, -0.2) is 26.3 Å². The Hall–Kier alpha value is -2.24. The van der Waals surface area contributed by atoms with Gasteiger partial charge in [0.2, 0.25) is 0 Å². The van der Waals surface area contributed by atoms with Crippen LogP contribution in [0.25, 0.3) is 0 Å². The van der Waals surface area contributed by atoms with Crippen LogP contribution in [0.15, 0.2) is 54.6 Å². The first-order valence-corrected chi connectivity index (χ1v) is 9.79. The molecule has 0 saturated carbocycles. The van der Waals surface area contributed by atoms with E-state index in [4.69, 9.17) is 17.3 Å². The van der Waals surface area contributed by atoms with Gasteiger partial charge in [-0.2, -0.15) is 5.10 Å². The lowest BCUT2D eigenvalue weighted by Gasteiger charge is -2.17. The monoisotopic (exact) mass is 380 g/mol. The van der Waals surface area contributed by atoms with Gasteiger partial charge in [-0.25, -0.2) is 4.68 Å². The fourth-order valence-electron chi connectivity index (χ4n) is 3.16. The molecular weight excluding hydrogens is 352 g/mol. The summed E-state index contributed by atoms with van der Waals surface area (Å²) in [5.74, 6) is 1.55. The molecule has 4 nitrogen and oxygen atoms in total. The zero-order chi connectivity index (χ0) is 19.4. The number of hydrogen-bond acceptors (Lipinski definition) is 3. The predicted molar refractivity (Wildman–Crippen MR) is 113 cm³/mol. The van der Waals surface area contributed by atoms with Crippen LogP contribution in [-0.2, 0) is 26.7 Å². The lowest BCUT2D eigenvalue weighted by Crippen LogP contribution is -2.22. The van der Waals surface area contributed by atoms with Crippen molar-refractivity contribution in [3.05, 3.63) is 81.9 Å². The van der Waals surface area contributed by atoms with E-state index >= 15 is 0 Å². The maximum atomic E-state index is 5.60. The Balaban J connectivity index is 1.68. The van der Waals surface area contributed by atoms with Gasteiger partial charge in [-0.1, -0.05) is 68.4 Å². The van der Waals surface area contributed by atoms with Crippen molar-refractivity contribution in [3.63, 3.8) is 0 Å². The molecule has 1 aromatic heterocycles. The van der Waals surface area contributed by atoms with Gasteiger partial charge in [0.05, 0.1) is 6.67 Å². The minimum Gasteiger partial charge on any atom is -0.307 e. The second-order valence-corrected chi connectivity index (χ2v) is 7.84. The summed E-state index contributed by atoms with van der Waals surface area (Å²) < 4.78 is 4.67. The summed E-state index contributed by atoms with van der Waals surface area (Å²) in [4.78, 5) is 2.24. The Kier molecular flexibility index (Phi) is 6.24. The Morgan fingerprint density at radius 3 is 2.30 bits per heavy atom. The maximum Gasteiger partial charge on any atom is 0.198 e. The molecule has 0 atom stereocenters. The minimum atomic E-state index is 0.562. The highest BCUT2D eigenvalue weighted by atomic mass is 32.1. The van der Waals surface area contributed by atoms with Gasteiger partial charge < -0.3 is 4.57 Å². The van der Waals surface area contributed by atoms with E-state index in [9.17, 15) is 0 Å². The van der Waals surface area contributed by atoms with Gasteiger partial charge in [0.15, 0.2) is 4.77 Å². The van der Waals surface area contributed by atoms with E-state index in [-0.39, 0.29) is 0 Å². The van der Waals surface area contributed by atoms with Gasteiger partial charge in [-0.05, 0) is 41.9 Å². The molecule has 0 N–H and O–H groups in total. The molecule has 0 bridgehead atoms. The molecule has 142 valence electrons. The first-order chi connectivity index (χ1) is 12.9. The standard InChI is InChI=1S/C22H28N4S/c1-17(2)20-12-10-19(11-13-20)15-24(3)16-26-22(27)25(4)21(23-26)14-18-8-6-5-7-9-18/h5-13,17H,14-16H2,1-4H3. The molecule has 0 unspecified atom stereocenters.